The summed E-state index contributed by atoms with van der Waals surface area (Å²) in [5.74, 6) is 1.64. The summed E-state index contributed by atoms with van der Waals surface area (Å²) in [7, 11) is 0. The van der Waals surface area contributed by atoms with E-state index in [-0.39, 0.29) is 5.82 Å². The van der Waals surface area contributed by atoms with Gasteiger partial charge in [-0.25, -0.2) is 9.37 Å². The van der Waals surface area contributed by atoms with Crippen LogP contribution in [-0.2, 0) is 14.2 Å². The second-order valence-electron chi connectivity index (χ2n) is 11.4. The number of pyridine rings is 1. The van der Waals surface area contributed by atoms with Gasteiger partial charge in [0, 0.05) is 63.0 Å². The summed E-state index contributed by atoms with van der Waals surface area (Å²) >= 11 is 0. The zero-order chi connectivity index (χ0) is 27.6. The molecule has 0 amide bonds. The first kappa shape index (κ1) is 29.1. The van der Waals surface area contributed by atoms with Crippen molar-refractivity contribution >= 4 is 17.2 Å². The smallest absolute Gasteiger partial charge is 0.130 e. The largest absolute Gasteiger partial charge is 0.379 e. The third-order valence-corrected chi connectivity index (χ3v) is 8.72. The van der Waals surface area contributed by atoms with Crippen molar-refractivity contribution in [3.8, 4) is 0 Å². The van der Waals surface area contributed by atoms with Crippen molar-refractivity contribution in [2.24, 2.45) is 5.92 Å². The molecule has 3 aliphatic rings. The summed E-state index contributed by atoms with van der Waals surface area (Å²) in [6.07, 6.45) is 9.90. The zero-order valence-electron chi connectivity index (χ0n) is 24.2. The minimum absolute atomic E-state index is 0.158. The second kappa shape index (κ2) is 15.0. The Bertz CT molecular complexity index is 1030. The lowest BCUT2D eigenvalue weighted by Crippen LogP contribution is -2.50. The fourth-order valence-corrected chi connectivity index (χ4v) is 6.62. The van der Waals surface area contributed by atoms with Crippen LogP contribution in [0.1, 0.15) is 51.9 Å². The van der Waals surface area contributed by atoms with Gasteiger partial charge in [0.1, 0.15) is 11.6 Å². The molecule has 3 aliphatic heterocycles. The summed E-state index contributed by atoms with van der Waals surface area (Å²) in [5, 5.41) is 0. The van der Waals surface area contributed by atoms with Gasteiger partial charge in [0.25, 0.3) is 0 Å². The van der Waals surface area contributed by atoms with Gasteiger partial charge in [0.15, 0.2) is 0 Å². The highest BCUT2D eigenvalue weighted by Crippen LogP contribution is 2.37. The van der Waals surface area contributed by atoms with Crippen molar-refractivity contribution in [3.63, 3.8) is 0 Å². The van der Waals surface area contributed by atoms with Gasteiger partial charge < -0.3 is 28.9 Å². The Kier molecular flexibility index (Phi) is 10.9. The zero-order valence-corrected chi connectivity index (χ0v) is 24.2. The molecule has 1 aromatic carbocycles. The first-order valence-corrected chi connectivity index (χ1v) is 15.5. The summed E-state index contributed by atoms with van der Waals surface area (Å²) in [6.45, 7) is 10.5. The topological polar surface area (TPSA) is 50.3 Å². The molecule has 0 radical (unpaired) electrons. The number of halogens is 1. The Morgan fingerprint density at radius 3 is 2.30 bits per heavy atom. The van der Waals surface area contributed by atoms with Crippen LogP contribution in [0.15, 0.2) is 42.6 Å². The molecule has 220 valence electrons. The van der Waals surface area contributed by atoms with Gasteiger partial charge in [-0.05, 0) is 75.1 Å². The summed E-state index contributed by atoms with van der Waals surface area (Å²) in [4.78, 5) is 12.3. The van der Waals surface area contributed by atoms with E-state index in [1.807, 2.05) is 18.3 Å². The molecule has 0 unspecified atom stereocenters. The summed E-state index contributed by atoms with van der Waals surface area (Å²) in [5.41, 5.74) is 2.29. The molecule has 0 saturated carbocycles. The van der Waals surface area contributed by atoms with Gasteiger partial charge in [-0.15, -0.1) is 0 Å². The third kappa shape index (κ3) is 7.65. The fourth-order valence-electron chi connectivity index (χ4n) is 6.62. The first-order chi connectivity index (χ1) is 19.7. The first-order valence-electron chi connectivity index (χ1n) is 15.5. The minimum atomic E-state index is -0.158. The number of anilines is 3. The maximum Gasteiger partial charge on any atom is 0.130 e. The second-order valence-corrected chi connectivity index (χ2v) is 11.4. The number of benzene rings is 1. The molecule has 2 atom stereocenters. The van der Waals surface area contributed by atoms with E-state index in [2.05, 4.69) is 33.8 Å². The summed E-state index contributed by atoms with van der Waals surface area (Å²) < 4.78 is 30.7. The number of nitrogens with zero attached hydrogens (tertiary/aromatic N) is 4. The molecule has 3 saturated heterocycles. The van der Waals surface area contributed by atoms with Gasteiger partial charge in [0.2, 0.25) is 0 Å². The van der Waals surface area contributed by atoms with Crippen LogP contribution in [-0.4, -0.2) is 82.9 Å². The van der Waals surface area contributed by atoms with Crippen LogP contribution < -0.4 is 14.7 Å². The van der Waals surface area contributed by atoms with Gasteiger partial charge in [0.05, 0.1) is 38.5 Å². The molecule has 0 spiro atoms. The molecule has 1 aromatic heterocycles. The molecule has 3 fully saturated rings. The maximum atomic E-state index is 13.9. The van der Waals surface area contributed by atoms with E-state index in [1.165, 1.54) is 24.6 Å². The Labute approximate surface area is 239 Å². The van der Waals surface area contributed by atoms with Crippen molar-refractivity contribution in [1.82, 2.24) is 4.98 Å². The minimum Gasteiger partial charge on any atom is -0.379 e. The predicted molar refractivity (Wildman–Crippen MR) is 159 cm³/mol. The molecule has 4 heterocycles. The standard InChI is InChI=1S/C32H47FN4O3/c1-2-18-38-20-22-40-23-21-39-19-12-26-9-15-35(16-10-26)28-8-13-34-32(25-28)37-17-11-31-30(37)7-4-14-36(31)29-6-3-5-27(33)24-29/h3,5-6,8,13,24-26,30-31H,2,4,7,9-12,14-23H2,1H3/t30-,31-/m1/s1. The van der Waals surface area contributed by atoms with Crippen LogP contribution in [0.25, 0.3) is 0 Å². The van der Waals surface area contributed by atoms with E-state index >= 15 is 0 Å². The quantitative estimate of drug-likeness (QED) is 0.285. The number of rotatable bonds is 14. The highest BCUT2D eigenvalue weighted by molar-refractivity contribution is 5.58. The Balaban J connectivity index is 1.06. The molecule has 40 heavy (non-hydrogen) atoms. The van der Waals surface area contributed by atoms with E-state index in [4.69, 9.17) is 19.2 Å². The average Bonchev–Trinajstić information content (AvgIpc) is 3.43. The molecule has 5 rings (SSSR count). The average molecular weight is 555 g/mol. The Morgan fingerprint density at radius 2 is 1.52 bits per heavy atom. The number of piperidine rings is 2. The van der Waals surface area contributed by atoms with Gasteiger partial charge >= 0.3 is 0 Å². The van der Waals surface area contributed by atoms with Gasteiger partial charge in [-0.1, -0.05) is 13.0 Å². The summed E-state index contributed by atoms with van der Waals surface area (Å²) in [6, 6.07) is 12.4. The normalized spacial score (nSPS) is 21.7. The molecule has 8 heteroatoms. The Hall–Kier alpha value is -2.42. The number of hydrogen-bond acceptors (Lipinski definition) is 7. The fraction of sp³-hybridized carbons (Fsp3) is 0.656. The van der Waals surface area contributed by atoms with Crippen LogP contribution in [0.3, 0.4) is 0 Å². The van der Waals surface area contributed by atoms with E-state index in [9.17, 15) is 4.39 Å². The number of ether oxygens (including phenoxy) is 3. The van der Waals surface area contributed by atoms with Crippen LogP contribution in [0, 0.1) is 11.7 Å². The van der Waals surface area contributed by atoms with Gasteiger partial charge in [-0.3, -0.25) is 0 Å². The van der Waals surface area contributed by atoms with Crippen molar-refractivity contribution in [2.45, 2.75) is 64.0 Å². The van der Waals surface area contributed by atoms with Crippen LogP contribution in [0.2, 0.25) is 0 Å². The molecular weight excluding hydrogens is 507 g/mol. The monoisotopic (exact) mass is 554 g/mol. The van der Waals surface area contributed by atoms with E-state index in [0.717, 1.165) is 88.9 Å². The van der Waals surface area contributed by atoms with Crippen LogP contribution in [0.5, 0.6) is 0 Å². The number of fused-ring (bicyclic) bond motifs is 1. The lowest BCUT2D eigenvalue weighted by Gasteiger charge is -2.41. The Morgan fingerprint density at radius 1 is 0.775 bits per heavy atom. The highest BCUT2D eigenvalue weighted by atomic mass is 19.1. The number of aromatic nitrogens is 1. The van der Waals surface area contributed by atoms with Crippen molar-refractivity contribution in [2.75, 3.05) is 80.5 Å². The molecule has 7 nitrogen and oxygen atoms in total. The molecule has 0 N–H and O–H groups in total. The molecule has 0 aliphatic carbocycles. The lowest BCUT2D eigenvalue weighted by atomic mass is 9.93. The van der Waals surface area contributed by atoms with Crippen molar-refractivity contribution in [3.05, 3.63) is 48.4 Å². The third-order valence-electron chi connectivity index (χ3n) is 8.72. The number of hydrogen-bond donors (Lipinski definition) is 0. The molecule has 2 aromatic rings. The van der Waals surface area contributed by atoms with E-state index in [1.54, 1.807) is 6.07 Å². The van der Waals surface area contributed by atoms with E-state index in [0.29, 0.717) is 38.5 Å². The van der Waals surface area contributed by atoms with Crippen molar-refractivity contribution < 1.29 is 18.6 Å². The van der Waals surface area contributed by atoms with Crippen molar-refractivity contribution in [1.29, 1.82) is 0 Å². The van der Waals surface area contributed by atoms with Crippen LogP contribution in [0.4, 0.5) is 21.6 Å². The lowest BCUT2D eigenvalue weighted by molar-refractivity contribution is 0.0119. The van der Waals surface area contributed by atoms with E-state index < -0.39 is 0 Å². The molecular formula is C32H47FN4O3. The maximum absolute atomic E-state index is 13.9. The van der Waals surface area contributed by atoms with Crippen LogP contribution >= 0.6 is 0 Å². The highest BCUT2D eigenvalue weighted by Gasteiger charge is 2.41. The molecule has 0 bridgehead atoms. The SMILES string of the molecule is CCCOCCOCCOCCC1CCN(c2ccnc(N3CC[C@@H]4[C@H]3CCCN4c3cccc(F)c3)c2)CC1. The predicted octanol–water partition coefficient (Wildman–Crippen LogP) is 5.53. The van der Waals surface area contributed by atoms with Gasteiger partial charge in [-0.2, -0.15) is 0 Å².